The van der Waals surface area contributed by atoms with Gasteiger partial charge in [0.1, 0.15) is 5.75 Å². The summed E-state index contributed by atoms with van der Waals surface area (Å²) in [4.78, 5) is 5.32. The molecule has 0 amide bonds. The lowest BCUT2D eigenvalue weighted by Gasteiger charge is -2.45. The zero-order valence-corrected chi connectivity index (χ0v) is 17.1. The van der Waals surface area contributed by atoms with Gasteiger partial charge in [-0.1, -0.05) is 19.8 Å². The summed E-state index contributed by atoms with van der Waals surface area (Å²) in [5.41, 5.74) is 1.33. The van der Waals surface area contributed by atoms with Gasteiger partial charge in [-0.15, -0.1) is 0 Å². The van der Waals surface area contributed by atoms with E-state index >= 15 is 0 Å². The molecule has 0 unspecified atom stereocenters. The molecule has 2 saturated heterocycles. The van der Waals surface area contributed by atoms with E-state index in [9.17, 15) is 0 Å². The lowest BCUT2D eigenvalue weighted by molar-refractivity contribution is -0.109. The standard InChI is InChI=1S/C23H36N2O2/c1-3-4-5-22-16-25(17-23(27-22)18-6-7-18)20-12-14-24(15-13-20)19-8-10-21(26-2)11-9-19/h8-11,18,20,22-23H,3-7,12-17H2,1-2H3/t22-,23-/m1/s1. The summed E-state index contributed by atoms with van der Waals surface area (Å²) < 4.78 is 11.8. The van der Waals surface area contributed by atoms with E-state index in [-0.39, 0.29) is 0 Å². The number of hydrogen-bond donors (Lipinski definition) is 0. The van der Waals surface area contributed by atoms with Crippen LogP contribution in [0.3, 0.4) is 0 Å². The van der Waals surface area contributed by atoms with E-state index in [1.54, 1.807) is 7.11 Å². The molecule has 2 aliphatic heterocycles. The molecule has 27 heavy (non-hydrogen) atoms. The van der Waals surface area contributed by atoms with Crippen molar-refractivity contribution in [1.29, 1.82) is 0 Å². The number of unbranched alkanes of at least 4 members (excludes halogenated alkanes) is 1. The van der Waals surface area contributed by atoms with Crippen molar-refractivity contribution in [3.63, 3.8) is 0 Å². The lowest BCUT2D eigenvalue weighted by Crippen LogP contribution is -2.55. The Balaban J connectivity index is 1.33. The molecule has 1 saturated carbocycles. The van der Waals surface area contributed by atoms with Crippen LogP contribution in [0.4, 0.5) is 5.69 Å². The van der Waals surface area contributed by atoms with Gasteiger partial charge in [0.05, 0.1) is 19.3 Å². The Labute approximate surface area is 164 Å². The highest BCUT2D eigenvalue weighted by molar-refractivity contribution is 5.49. The van der Waals surface area contributed by atoms with Gasteiger partial charge in [0.25, 0.3) is 0 Å². The van der Waals surface area contributed by atoms with Gasteiger partial charge in [-0.25, -0.2) is 0 Å². The van der Waals surface area contributed by atoms with Crippen molar-refractivity contribution in [2.45, 2.75) is 70.1 Å². The first-order valence-electron chi connectivity index (χ1n) is 11.1. The molecule has 0 N–H and O–H groups in total. The second-order valence-electron chi connectivity index (χ2n) is 8.65. The van der Waals surface area contributed by atoms with Gasteiger partial charge >= 0.3 is 0 Å². The Morgan fingerprint density at radius 2 is 1.78 bits per heavy atom. The van der Waals surface area contributed by atoms with Crippen LogP contribution in [0, 0.1) is 5.92 Å². The van der Waals surface area contributed by atoms with E-state index in [2.05, 4.69) is 41.0 Å². The minimum Gasteiger partial charge on any atom is -0.497 e. The lowest BCUT2D eigenvalue weighted by atomic mass is 9.98. The largest absolute Gasteiger partial charge is 0.497 e. The van der Waals surface area contributed by atoms with Crippen molar-refractivity contribution in [1.82, 2.24) is 4.90 Å². The molecule has 0 aromatic heterocycles. The third-order valence-electron chi connectivity index (χ3n) is 6.67. The normalized spacial score (nSPS) is 27.7. The summed E-state index contributed by atoms with van der Waals surface area (Å²) in [7, 11) is 1.73. The maximum atomic E-state index is 6.48. The quantitative estimate of drug-likeness (QED) is 0.711. The number of ether oxygens (including phenoxy) is 2. The fourth-order valence-corrected chi connectivity index (χ4v) is 4.80. The smallest absolute Gasteiger partial charge is 0.119 e. The van der Waals surface area contributed by atoms with Crippen LogP contribution in [-0.2, 0) is 4.74 Å². The molecule has 3 fully saturated rings. The molecule has 0 radical (unpaired) electrons. The number of rotatable bonds is 7. The Morgan fingerprint density at radius 1 is 1.04 bits per heavy atom. The number of hydrogen-bond acceptors (Lipinski definition) is 4. The van der Waals surface area contributed by atoms with Crippen LogP contribution in [0.1, 0.15) is 51.9 Å². The average Bonchev–Trinajstić information content (AvgIpc) is 3.58. The zero-order chi connectivity index (χ0) is 18.6. The predicted octanol–water partition coefficient (Wildman–Crippen LogP) is 4.33. The molecule has 0 spiro atoms. The van der Waals surface area contributed by atoms with E-state index < -0.39 is 0 Å². The van der Waals surface area contributed by atoms with Gasteiger partial charge < -0.3 is 14.4 Å². The second kappa shape index (κ2) is 8.83. The van der Waals surface area contributed by atoms with Crippen molar-refractivity contribution in [3.05, 3.63) is 24.3 Å². The maximum absolute atomic E-state index is 6.48. The molecular formula is C23H36N2O2. The van der Waals surface area contributed by atoms with E-state index in [4.69, 9.17) is 9.47 Å². The molecule has 1 aromatic rings. The summed E-state index contributed by atoms with van der Waals surface area (Å²) in [5, 5.41) is 0. The Kier molecular flexibility index (Phi) is 6.24. The zero-order valence-electron chi connectivity index (χ0n) is 17.1. The van der Waals surface area contributed by atoms with Crippen molar-refractivity contribution >= 4 is 5.69 Å². The Hall–Kier alpha value is -1.26. The average molecular weight is 373 g/mol. The highest BCUT2D eigenvalue weighted by Gasteiger charge is 2.40. The molecule has 2 atom stereocenters. The number of piperidine rings is 1. The topological polar surface area (TPSA) is 24.9 Å². The fraction of sp³-hybridized carbons (Fsp3) is 0.739. The minimum absolute atomic E-state index is 0.462. The SMILES string of the molecule is CCCC[C@@H]1CN(C2CCN(c3ccc(OC)cc3)CC2)C[C@H](C2CC2)O1. The van der Waals surface area contributed by atoms with Gasteiger partial charge in [0.15, 0.2) is 0 Å². The number of benzene rings is 1. The molecule has 1 aliphatic carbocycles. The van der Waals surface area contributed by atoms with E-state index in [0.717, 1.165) is 37.3 Å². The summed E-state index contributed by atoms with van der Waals surface area (Å²) in [6.07, 6.45) is 10.1. The molecule has 4 rings (SSSR count). The fourth-order valence-electron chi connectivity index (χ4n) is 4.80. The highest BCUT2D eigenvalue weighted by atomic mass is 16.5. The first-order valence-corrected chi connectivity index (χ1v) is 11.1. The third-order valence-corrected chi connectivity index (χ3v) is 6.67. The van der Waals surface area contributed by atoms with Gasteiger partial charge in [-0.05, 0) is 62.3 Å². The van der Waals surface area contributed by atoms with Crippen molar-refractivity contribution in [3.8, 4) is 5.75 Å². The molecule has 2 heterocycles. The number of anilines is 1. The number of methoxy groups -OCH3 is 1. The van der Waals surface area contributed by atoms with Crippen LogP contribution in [0.2, 0.25) is 0 Å². The summed E-state index contributed by atoms with van der Waals surface area (Å²) in [6.45, 7) is 6.91. The predicted molar refractivity (Wildman–Crippen MR) is 111 cm³/mol. The van der Waals surface area contributed by atoms with Crippen molar-refractivity contribution < 1.29 is 9.47 Å². The van der Waals surface area contributed by atoms with Gasteiger partial charge in [-0.3, -0.25) is 4.90 Å². The monoisotopic (exact) mass is 372 g/mol. The molecule has 4 heteroatoms. The van der Waals surface area contributed by atoms with E-state index in [1.807, 2.05) is 0 Å². The summed E-state index contributed by atoms with van der Waals surface area (Å²) in [6, 6.07) is 9.26. The summed E-state index contributed by atoms with van der Waals surface area (Å²) in [5.74, 6) is 1.78. The van der Waals surface area contributed by atoms with Gasteiger partial charge in [0, 0.05) is 37.9 Å². The molecule has 3 aliphatic rings. The molecule has 0 bridgehead atoms. The molecule has 4 nitrogen and oxygen atoms in total. The van der Waals surface area contributed by atoms with Crippen LogP contribution in [0.25, 0.3) is 0 Å². The van der Waals surface area contributed by atoms with Crippen LogP contribution in [-0.4, -0.2) is 56.4 Å². The van der Waals surface area contributed by atoms with E-state index in [1.165, 1.54) is 57.2 Å². The van der Waals surface area contributed by atoms with Crippen molar-refractivity contribution in [2.24, 2.45) is 5.92 Å². The second-order valence-corrected chi connectivity index (χ2v) is 8.65. The van der Waals surface area contributed by atoms with Gasteiger partial charge in [-0.2, -0.15) is 0 Å². The number of morpholine rings is 1. The number of nitrogens with zero attached hydrogens (tertiary/aromatic N) is 2. The van der Waals surface area contributed by atoms with E-state index in [0.29, 0.717) is 12.2 Å². The first-order chi connectivity index (χ1) is 13.3. The summed E-state index contributed by atoms with van der Waals surface area (Å²) >= 11 is 0. The highest BCUT2D eigenvalue weighted by Crippen LogP contribution is 2.38. The molecular weight excluding hydrogens is 336 g/mol. The first kappa shape index (κ1) is 19.1. The van der Waals surface area contributed by atoms with Crippen LogP contribution < -0.4 is 9.64 Å². The third kappa shape index (κ3) is 4.78. The molecule has 1 aromatic carbocycles. The van der Waals surface area contributed by atoms with Crippen molar-refractivity contribution in [2.75, 3.05) is 38.2 Å². The maximum Gasteiger partial charge on any atom is 0.119 e. The Morgan fingerprint density at radius 3 is 2.41 bits per heavy atom. The van der Waals surface area contributed by atoms with Crippen LogP contribution in [0.15, 0.2) is 24.3 Å². The van der Waals surface area contributed by atoms with Crippen LogP contribution in [0.5, 0.6) is 5.75 Å². The minimum atomic E-state index is 0.462. The van der Waals surface area contributed by atoms with Crippen LogP contribution >= 0.6 is 0 Å². The Bertz CT molecular complexity index is 579. The molecule has 150 valence electrons. The van der Waals surface area contributed by atoms with Gasteiger partial charge in [0.2, 0.25) is 0 Å².